The summed E-state index contributed by atoms with van der Waals surface area (Å²) < 4.78 is 1.80. The molecule has 1 aliphatic rings. The lowest BCUT2D eigenvalue weighted by Crippen LogP contribution is -2.38. The van der Waals surface area contributed by atoms with Gasteiger partial charge in [0, 0.05) is 25.0 Å². The minimum Gasteiger partial charge on any atom is -0.479 e. The number of aliphatic hydroxyl groups is 1. The van der Waals surface area contributed by atoms with Gasteiger partial charge in [-0.05, 0) is 24.8 Å². The molecule has 2 rings (SSSR count). The minimum atomic E-state index is -1.67. The monoisotopic (exact) mass is 195 g/mol. The zero-order valence-electron chi connectivity index (χ0n) is 8.03. The maximum absolute atomic E-state index is 11.0. The highest BCUT2D eigenvalue weighted by Crippen LogP contribution is 2.35. The van der Waals surface area contributed by atoms with Crippen LogP contribution in [0.5, 0.6) is 0 Å². The number of rotatable bonds is 1. The highest BCUT2D eigenvalue weighted by molar-refractivity contribution is 5.80. The summed E-state index contributed by atoms with van der Waals surface area (Å²) in [5.41, 5.74) is -0.170. The average Bonchev–Trinajstić information content (AvgIpc) is 2.47. The highest BCUT2D eigenvalue weighted by atomic mass is 16.4. The third-order valence-electron chi connectivity index (χ3n) is 2.82. The quantitative estimate of drug-likeness (QED) is 0.691. The smallest absolute Gasteiger partial charge is 0.340 e. The second-order valence-corrected chi connectivity index (χ2v) is 3.88. The Morgan fingerprint density at radius 3 is 2.93 bits per heavy atom. The third-order valence-corrected chi connectivity index (χ3v) is 2.82. The minimum absolute atomic E-state index is 0.305. The molecule has 0 saturated carbocycles. The van der Waals surface area contributed by atoms with Crippen molar-refractivity contribution < 1.29 is 15.0 Å². The number of nitrogens with zero attached hydrogens (tertiary/aromatic N) is 1. The van der Waals surface area contributed by atoms with E-state index >= 15 is 0 Å². The molecule has 0 aromatic carbocycles. The molecule has 4 heteroatoms. The van der Waals surface area contributed by atoms with Crippen molar-refractivity contribution in [1.82, 2.24) is 4.57 Å². The number of aryl methyl sites for hydroxylation is 2. The molecule has 0 fully saturated rings. The van der Waals surface area contributed by atoms with Crippen LogP contribution in [0.15, 0.2) is 12.4 Å². The first-order valence-electron chi connectivity index (χ1n) is 4.65. The summed E-state index contributed by atoms with van der Waals surface area (Å²) in [5.74, 6) is -1.15. The van der Waals surface area contributed by atoms with Crippen LogP contribution >= 0.6 is 0 Å². The largest absolute Gasteiger partial charge is 0.479 e. The standard InChI is InChI=1S/C10H13NO3/c1-11-5-7-3-2-4-10(14,9(12)13)8(7)6-11/h5-6,14H,2-4H2,1H3,(H,12,13). The van der Waals surface area contributed by atoms with Crippen LogP contribution in [0.4, 0.5) is 0 Å². The van der Waals surface area contributed by atoms with Crippen LogP contribution in [0.2, 0.25) is 0 Å². The van der Waals surface area contributed by atoms with Crippen molar-refractivity contribution in [3.8, 4) is 0 Å². The molecule has 0 aliphatic heterocycles. The van der Waals surface area contributed by atoms with Crippen LogP contribution in [0.1, 0.15) is 24.0 Å². The van der Waals surface area contributed by atoms with Crippen molar-refractivity contribution in [2.75, 3.05) is 0 Å². The number of carboxylic acids is 1. The molecule has 0 amide bonds. The topological polar surface area (TPSA) is 62.5 Å². The van der Waals surface area contributed by atoms with Gasteiger partial charge in [-0.15, -0.1) is 0 Å². The summed E-state index contributed by atoms with van der Waals surface area (Å²) >= 11 is 0. The van der Waals surface area contributed by atoms with Gasteiger partial charge in [0.25, 0.3) is 0 Å². The zero-order valence-corrected chi connectivity index (χ0v) is 8.03. The Morgan fingerprint density at radius 2 is 2.29 bits per heavy atom. The van der Waals surface area contributed by atoms with Gasteiger partial charge in [-0.1, -0.05) is 0 Å². The van der Waals surface area contributed by atoms with Crippen molar-refractivity contribution in [3.63, 3.8) is 0 Å². The van der Waals surface area contributed by atoms with Crippen LogP contribution in [0.25, 0.3) is 0 Å². The van der Waals surface area contributed by atoms with E-state index in [2.05, 4.69) is 0 Å². The second-order valence-electron chi connectivity index (χ2n) is 3.88. The van der Waals surface area contributed by atoms with E-state index in [1.54, 1.807) is 10.8 Å². The Bertz CT molecular complexity index is 383. The normalized spacial score (nSPS) is 25.9. The molecule has 76 valence electrons. The van der Waals surface area contributed by atoms with Crippen LogP contribution in [0.3, 0.4) is 0 Å². The van der Waals surface area contributed by atoms with Gasteiger partial charge in [-0.2, -0.15) is 0 Å². The van der Waals surface area contributed by atoms with Crippen LogP contribution in [-0.4, -0.2) is 20.7 Å². The molecule has 0 saturated heterocycles. The number of hydrogen-bond acceptors (Lipinski definition) is 2. The molecule has 0 radical (unpaired) electrons. The predicted molar refractivity (Wildman–Crippen MR) is 49.9 cm³/mol. The average molecular weight is 195 g/mol. The molecule has 4 nitrogen and oxygen atoms in total. The Balaban J connectivity index is 2.54. The van der Waals surface area contributed by atoms with Gasteiger partial charge >= 0.3 is 5.97 Å². The van der Waals surface area contributed by atoms with Crippen LogP contribution in [0, 0.1) is 0 Å². The molecule has 0 spiro atoms. The fourth-order valence-electron chi connectivity index (χ4n) is 2.10. The van der Waals surface area contributed by atoms with E-state index in [0.29, 0.717) is 12.0 Å². The number of fused-ring (bicyclic) bond motifs is 1. The highest BCUT2D eigenvalue weighted by Gasteiger charge is 2.42. The summed E-state index contributed by atoms with van der Waals surface area (Å²) in [6.07, 6.45) is 5.45. The van der Waals surface area contributed by atoms with Gasteiger partial charge in [0.15, 0.2) is 5.60 Å². The van der Waals surface area contributed by atoms with Crippen molar-refractivity contribution in [3.05, 3.63) is 23.5 Å². The molecule has 1 unspecified atom stereocenters. The molecule has 1 atom stereocenters. The fraction of sp³-hybridized carbons (Fsp3) is 0.500. The lowest BCUT2D eigenvalue weighted by Gasteiger charge is -2.27. The van der Waals surface area contributed by atoms with Crippen molar-refractivity contribution >= 4 is 5.97 Å². The van der Waals surface area contributed by atoms with Crippen molar-refractivity contribution in [2.24, 2.45) is 7.05 Å². The summed E-state index contributed by atoms with van der Waals surface area (Å²) in [6.45, 7) is 0. The van der Waals surface area contributed by atoms with Gasteiger partial charge in [0.2, 0.25) is 0 Å². The number of carbonyl (C=O) groups is 1. The fourth-order valence-corrected chi connectivity index (χ4v) is 2.10. The van der Waals surface area contributed by atoms with E-state index in [0.717, 1.165) is 18.4 Å². The SMILES string of the molecule is Cn1cc2c(c1)C(O)(C(=O)O)CCC2. The maximum Gasteiger partial charge on any atom is 0.340 e. The van der Waals surface area contributed by atoms with E-state index in [1.807, 2.05) is 13.2 Å². The van der Waals surface area contributed by atoms with Gasteiger partial charge in [-0.3, -0.25) is 0 Å². The molecule has 1 heterocycles. The van der Waals surface area contributed by atoms with E-state index in [-0.39, 0.29) is 0 Å². The Labute approximate surface area is 81.8 Å². The first-order valence-corrected chi connectivity index (χ1v) is 4.65. The van der Waals surface area contributed by atoms with Gasteiger partial charge in [0.1, 0.15) is 0 Å². The molecule has 14 heavy (non-hydrogen) atoms. The predicted octanol–water partition coefficient (Wildman–Crippen LogP) is 0.634. The van der Waals surface area contributed by atoms with Gasteiger partial charge < -0.3 is 14.8 Å². The Hall–Kier alpha value is -1.29. The molecular formula is C10H13NO3. The molecule has 1 aliphatic carbocycles. The number of carboxylic acid groups (broad SMARTS) is 1. The maximum atomic E-state index is 11.0. The van der Waals surface area contributed by atoms with E-state index < -0.39 is 11.6 Å². The first-order chi connectivity index (χ1) is 6.54. The lowest BCUT2D eigenvalue weighted by molar-refractivity contribution is -0.161. The van der Waals surface area contributed by atoms with E-state index in [4.69, 9.17) is 5.11 Å². The summed E-state index contributed by atoms with van der Waals surface area (Å²) in [6, 6.07) is 0. The first kappa shape index (κ1) is 9.27. The number of aliphatic carboxylic acids is 1. The number of hydrogen-bond donors (Lipinski definition) is 2. The lowest BCUT2D eigenvalue weighted by atomic mass is 9.82. The van der Waals surface area contributed by atoms with Crippen LogP contribution < -0.4 is 0 Å². The van der Waals surface area contributed by atoms with Crippen molar-refractivity contribution in [2.45, 2.75) is 24.9 Å². The van der Waals surface area contributed by atoms with E-state index in [1.165, 1.54) is 0 Å². The van der Waals surface area contributed by atoms with E-state index in [9.17, 15) is 9.90 Å². The third kappa shape index (κ3) is 1.14. The Morgan fingerprint density at radius 1 is 1.57 bits per heavy atom. The van der Waals surface area contributed by atoms with Crippen LogP contribution in [-0.2, 0) is 23.9 Å². The molecular weight excluding hydrogens is 182 g/mol. The summed E-state index contributed by atoms with van der Waals surface area (Å²) in [7, 11) is 1.83. The number of aromatic nitrogens is 1. The molecule has 2 N–H and O–H groups in total. The second kappa shape index (κ2) is 2.85. The molecule has 1 aromatic rings. The summed E-state index contributed by atoms with van der Waals surface area (Å²) in [5, 5.41) is 19.0. The summed E-state index contributed by atoms with van der Waals surface area (Å²) in [4.78, 5) is 11.0. The molecule has 1 aromatic heterocycles. The molecule has 0 bridgehead atoms. The van der Waals surface area contributed by atoms with Gasteiger partial charge in [-0.25, -0.2) is 4.79 Å². The Kier molecular flexibility index (Phi) is 1.89. The zero-order chi connectivity index (χ0) is 10.3. The van der Waals surface area contributed by atoms with Crippen molar-refractivity contribution in [1.29, 1.82) is 0 Å². The van der Waals surface area contributed by atoms with Gasteiger partial charge in [0.05, 0.1) is 0 Å².